The second-order valence-electron chi connectivity index (χ2n) is 4.47. The van der Waals surface area contributed by atoms with E-state index in [2.05, 4.69) is 15.3 Å². The maximum atomic E-state index is 6.06. The van der Waals surface area contributed by atoms with Crippen molar-refractivity contribution in [2.45, 2.75) is 26.5 Å². The van der Waals surface area contributed by atoms with Gasteiger partial charge in [0.15, 0.2) is 0 Å². The average molecular weight is 312 g/mol. The highest BCUT2D eigenvalue weighted by molar-refractivity contribution is 6.35. The lowest BCUT2D eigenvalue weighted by atomic mass is 10.2. The first-order valence-corrected chi connectivity index (χ1v) is 6.97. The van der Waals surface area contributed by atoms with E-state index in [-0.39, 0.29) is 6.10 Å². The van der Waals surface area contributed by atoms with E-state index in [1.54, 1.807) is 18.5 Å². The smallest absolute Gasteiger partial charge is 0.218 e. The fourth-order valence-electron chi connectivity index (χ4n) is 1.61. The molecule has 0 aliphatic heterocycles. The second-order valence-corrected chi connectivity index (χ2v) is 5.32. The Labute approximate surface area is 128 Å². The summed E-state index contributed by atoms with van der Waals surface area (Å²) in [6.45, 7) is 4.44. The van der Waals surface area contributed by atoms with E-state index in [1.807, 2.05) is 26.0 Å². The molecule has 0 aromatic carbocycles. The van der Waals surface area contributed by atoms with E-state index in [9.17, 15) is 0 Å². The zero-order chi connectivity index (χ0) is 14.5. The predicted octanol–water partition coefficient (Wildman–Crippen LogP) is 4.18. The molecule has 0 amide bonds. The van der Waals surface area contributed by atoms with Crippen molar-refractivity contribution in [3.8, 4) is 5.88 Å². The molecule has 4 nitrogen and oxygen atoms in total. The van der Waals surface area contributed by atoms with E-state index in [0.717, 1.165) is 5.56 Å². The lowest BCUT2D eigenvalue weighted by Gasteiger charge is -2.13. The van der Waals surface area contributed by atoms with Crippen LogP contribution in [0.2, 0.25) is 10.0 Å². The van der Waals surface area contributed by atoms with E-state index < -0.39 is 0 Å². The van der Waals surface area contributed by atoms with Crippen molar-refractivity contribution in [1.82, 2.24) is 9.97 Å². The Morgan fingerprint density at radius 1 is 1.30 bits per heavy atom. The molecule has 2 aromatic heterocycles. The Bertz CT molecular complexity index is 590. The van der Waals surface area contributed by atoms with Gasteiger partial charge >= 0.3 is 0 Å². The molecule has 0 saturated carbocycles. The molecule has 0 unspecified atom stereocenters. The first kappa shape index (κ1) is 14.9. The third kappa shape index (κ3) is 3.99. The van der Waals surface area contributed by atoms with Gasteiger partial charge in [-0.05, 0) is 26.0 Å². The van der Waals surface area contributed by atoms with Gasteiger partial charge in [0.05, 0.1) is 16.1 Å². The fourth-order valence-corrected chi connectivity index (χ4v) is 2.06. The highest BCUT2D eigenvalue weighted by Crippen LogP contribution is 2.24. The van der Waals surface area contributed by atoms with Gasteiger partial charge in [-0.2, -0.15) is 0 Å². The first-order chi connectivity index (χ1) is 9.56. The maximum absolute atomic E-state index is 6.06. The van der Waals surface area contributed by atoms with Gasteiger partial charge in [-0.1, -0.05) is 29.3 Å². The van der Waals surface area contributed by atoms with Crippen LogP contribution in [0, 0.1) is 0 Å². The van der Waals surface area contributed by atoms with E-state index in [1.165, 1.54) is 0 Å². The lowest BCUT2D eigenvalue weighted by Crippen LogP contribution is -2.11. The molecular formula is C14H15Cl2N3O. The number of halogens is 2. The maximum Gasteiger partial charge on any atom is 0.218 e. The molecule has 0 aliphatic carbocycles. The molecule has 0 bridgehead atoms. The zero-order valence-electron chi connectivity index (χ0n) is 11.2. The van der Waals surface area contributed by atoms with Gasteiger partial charge in [0.1, 0.15) is 5.82 Å². The van der Waals surface area contributed by atoms with Gasteiger partial charge in [-0.15, -0.1) is 0 Å². The molecular weight excluding hydrogens is 297 g/mol. The summed E-state index contributed by atoms with van der Waals surface area (Å²) in [6, 6.07) is 5.45. The zero-order valence-corrected chi connectivity index (χ0v) is 12.7. The van der Waals surface area contributed by atoms with Crippen LogP contribution < -0.4 is 10.1 Å². The van der Waals surface area contributed by atoms with Crippen molar-refractivity contribution < 1.29 is 4.74 Å². The summed E-state index contributed by atoms with van der Waals surface area (Å²) in [5.41, 5.74) is 0.939. The van der Waals surface area contributed by atoms with Gasteiger partial charge < -0.3 is 10.1 Å². The molecule has 1 N–H and O–H groups in total. The lowest BCUT2D eigenvalue weighted by molar-refractivity contribution is 0.230. The molecule has 20 heavy (non-hydrogen) atoms. The van der Waals surface area contributed by atoms with Crippen molar-refractivity contribution in [2.75, 3.05) is 5.32 Å². The van der Waals surface area contributed by atoms with Crippen molar-refractivity contribution in [1.29, 1.82) is 0 Å². The van der Waals surface area contributed by atoms with Crippen LogP contribution in [-0.4, -0.2) is 16.1 Å². The molecule has 106 valence electrons. The predicted molar refractivity (Wildman–Crippen MR) is 81.6 cm³/mol. The number of aromatic nitrogens is 2. The summed E-state index contributed by atoms with van der Waals surface area (Å²) in [5.74, 6) is 1.19. The molecule has 2 heterocycles. The molecule has 0 radical (unpaired) electrons. The summed E-state index contributed by atoms with van der Waals surface area (Å²) < 4.78 is 5.66. The van der Waals surface area contributed by atoms with E-state index in [0.29, 0.717) is 28.3 Å². The van der Waals surface area contributed by atoms with Crippen LogP contribution in [0.5, 0.6) is 5.88 Å². The Balaban J connectivity index is 2.10. The summed E-state index contributed by atoms with van der Waals surface area (Å²) in [7, 11) is 0. The number of nitrogens with one attached hydrogen (secondary N) is 1. The molecule has 0 spiro atoms. The molecule has 2 aromatic rings. The van der Waals surface area contributed by atoms with Crippen molar-refractivity contribution >= 4 is 29.0 Å². The van der Waals surface area contributed by atoms with Crippen molar-refractivity contribution in [2.24, 2.45) is 0 Å². The highest BCUT2D eigenvalue weighted by atomic mass is 35.5. The molecule has 0 fully saturated rings. The van der Waals surface area contributed by atoms with E-state index in [4.69, 9.17) is 27.9 Å². The Morgan fingerprint density at radius 2 is 2.10 bits per heavy atom. The largest absolute Gasteiger partial charge is 0.475 e. The SMILES string of the molecule is CC(C)Oc1ncccc1CNc1ncc(Cl)cc1Cl. The number of hydrogen-bond donors (Lipinski definition) is 1. The quantitative estimate of drug-likeness (QED) is 0.899. The summed E-state index contributed by atoms with van der Waals surface area (Å²) in [4.78, 5) is 8.38. The first-order valence-electron chi connectivity index (χ1n) is 6.21. The Morgan fingerprint density at radius 3 is 2.80 bits per heavy atom. The molecule has 0 saturated heterocycles. The number of pyridine rings is 2. The van der Waals surface area contributed by atoms with Gasteiger partial charge in [-0.25, -0.2) is 9.97 Å². The Kier molecular flexibility index (Phi) is 5.04. The van der Waals surface area contributed by atoms with Gasteiger partial charge in [0.2, 0.25) is 5.88 Å². The monoisotopic (exact) mass is 311 g/mol. The average Bonchev–Trinajstić information content (AvgIpc) is 2.39. The van der Waals surface area contributed by atoms with Crippen LogP contribution in [0.25, 0.3) is 0 Å². The van der Waals surface area contributed by atoms with Crippen molar-refractivity contribution in [3.05, 3.63) is 46.2 Å². The standard InChI is InChI=1S/C14H15Cl2N3O/c1-9(2)20-14-10(4-3-5-17-14)7-18-13-12(16)6-11(15)8-19-13/h3-6,8-9H,7H2,1-2H3,(H,18,19). The molecule has 2 rings (SSSR count). The van der Waals surface area contributed by atoms with Crippen molar-refractivity contribution in [3.63, 3.8) is 0 Å². The van der Waals surface area contributed by atoms with Crippen LogP contribution in [0.4, 0.5) is 5.82 Å². The van der Waals surface area contributed by atoms with Crippen LogP contribution in [0.3, 0.4) is 0 Å². The van der Waals surface area contributed by atoms with Crippen LogP contribution in [0.1, 0.15) is 19.4 Å². The van der Waals surface area contributed by atoms with Gasteiger partial charge in [0.25, 0.3) is 0 Å². The van der Waals surface area contributed by atoms with E-state index >= 15 is 0 Å². The minimum Gasteiger partial charge on any atom is -0.475 e. The number of hydrogen-bond acceptors (Lipinski definition) is 4. The number of ether oxygens (including phenoxy) is 1. The van der Waals surface area contributed by atoms with Gasteiger partial charge in [0, 0.05) is 24.5 Å². The van der Waals surface area contributed by atoms with Crippen LogP contribution >= 0.6 is 23.2 Å². The third-order valence-electron chi connectivity index (χ3n) is 2.45. The minimum absolute atomic E-state index is 0.0703. The topological polar surface area (TPSA) is 47.0 Å². The molecule has 6 heteroatoms. The highest BCUT2D eigenvalue weighted by Gasteiger charge is 2.08. The second kappa shape index (κ2) is 6.77. The molecule has 0 aliphatic rings. The summed E-state index contributed by atoms with van der Waals surface area (Å²) in [6.07, 6.45) is 3.32. The van der Waals surface area contributed by atoms with Crippen LogP contribution in [-0.2, 0) is 6.54 Å². The number of nitrogens with zero attached hydrogens (tertiary/aromatic N) is 2. The normalized spacial score (nSPS) is 10.7. The number of anilines is 1. The van der Waals surface area contributed by atoms with Crippen LogP contribution in [0.15, 0.2) is 30.6 Å². The third-order valence-corrected chi connectivity index (χ3v) is 2.95. The summed E-state index contributed by atoms with van der Waals surface area (Å²) in [5, 5.41) is 4.13. The molecule has 0 atom stereocenters. The minimum atomic E-state index is 0.0703. The Hall–Kier alpha value is -1.52. The summed E-state index contributed by atoms with van der Waals surface area (Å²) >= 11 is 11.9. The van der Waals surface area contributed by atoms with Gasteiger partial charge in [-0.3, -0.25) is 0 Å². The fraction of sp³-hybridized carbons (Fsp3) is 0.286. The number of rotatable bonds is 5.